The number of nitrogens with one attached hydrogen (secondary N) is 3. The number of urea groups is 1. The molecule has 0 aliphatic carbocycles. The molecule has 198 valence electrons. The van der Waals surface area contributed by atoms with Crippen molar-refractivity contribution in [3.05, 3.63) is 89.9 Å². The number of anilines is 1. The first kappa shape index (κ1) is 26.3. The van der Waals surface area contributed by atoms with Gasteiger partial charge in [0.15, 0.2) is 5.76 Å². The molecule has 3 aromatic rings. The third kappa shape index (κ3) is 6.33. The second-order valence-electron chi connectivity index (χ2n) is 8.76. The number of rotatable bonds is 8. The summed E-state index contributed by atoms with van der Waals surface area (Å²) in [6.45, 7) is -0.0726. The zero-order valence-corrected chi connectivity index (χ0v) is 20.0. The lowest BCUT2D eigenvalue weighted by Gasteiger charge is -2.25. The molecular weight excluding hydrogens is 500 g/mol. The number of nitrogens with two attached hydrogens (primary N) is 1. The van der Waals surface area contributed by atoms with E-state index in [1.165, 1.54) is 23.3 Å². The summed E-state index contributed by atoms with van der Waals surface area (Å²) in [6.07, 6.45) is 1.45. The van der Waals surface area contributed by atoms with Crippen molar-refractivity contribution in [2.24, 2.45) is 5.73 Å². The minimum atomic E-state index is -1.07. The molecule has 5 N–H and O–H groups in total. The number of carbonyl (C=O) groups is 4. The number of likely N-dealkylation sites (tertiary alicyclic amines) is 1. The largest absolute Gasteiger partial charge is 0.459 e. The molecule has 5 amide bonds. The predicted octanol–water partition coefficient (Wildman–Crippen LogP) is 2.18. The van der Waals surface area contributed by atoms with Gasteiger partial charge < -0.3 is 31.0 Å². The third-order valence-corrected chi connectivity index (χ3v) is 6.05. The molecule has 0 radical (unpaired) electrons. The molecule has 2 aromatic carbocycles. The highest BCUT2D eigenvalue weighted by molar-refractivity contribution is 5.97. The zero-order chi connectivity index (χ0) is 27.2. The van der Waals surface area contributed by atoms with E-state index in [4.69, 9.17) is 10.2 Å². The summed E-state index contributed by atoms with van der Waals surface area (Å²) in [7, 11) is 0. The Balaban J connectivity index is 1.48. The summed E-state index contributed by atoms with van der Waals surface area (Å²) in [4.78, 5) is 52.1. The maximum Gasteiger partial charge on any atom is 0.319 e. The van der Waals surface area contributed by atoms with Crippen molar-refractivity contribution < 1.29 is 32.4 Å². The van der Waals surface area contributed by atoms with Crippen LogP contribution in [0, 0.1) is 11.6 Å². The van der Waals surface area contributed by atoms with E-state index in [1.807, 2.05) is 6.07 Å². The number of benzene rings is 2. The van der Waals surface area contributed by atoms with Gasteiger partial charge in [-0.15, -0.1) is 0 Å². The van der Waals surface area contributed by atoms with E-state index in [1.54, 1.807) is 24.3 Å². The first-order chi connectivity index (χ1) is 18.2. The Hall–Kier alpha value is -4.74. The highest BCUT2D eigenvalue weighted by Crippen LogP contribution is 2.22. The number of furan rings is 1. The minimum Gasteiger partial charge on any atom is -0.459 e. The fraction of sp³-hybridized carbons (Fsp3) is 0.231. The predicted molar refractivity (Wildman–Crippen MR) is 132 cm³/mol. The summed E-state index contributed by atoms with van der Waals surface area (Å²) < 4.78 is 32.3. The minimum absolute atomic E-state index is 0.00553. The van der Waals surface area contributed by atoms with Gasteiger partial charge in [-0.05, 0) is 36.2 Å². The number of carbonyl (C=O) groups excluding carboxylic acids is 4. The van der Waals surface area contributed by atoms with Gasteiger partial charge in [0.25, 0.3) is 5.91 Å². The van der Waals surface area contributed by atoms with E-state index in [9.17, 15) is 28.0 Å². The van der Waals surface area contributed by atoms with E-state index < -0.39 is 53.5 Å². The number of halogens is 2. The normalized spacial score (nSPS) is 17.5. The third-order valence-electron chi connectivity index (χ3n) is 6.05. The first-order valence-electron chi connectivity index (χ1n) is 11.7. The molecule has 2 heterocycles. The van der Waals surface area contributed by atoms with Gasteiger partial charge in [0.1, 0.15) is 23.7 Å². The van der Waals surface area contributed by atoms with E-state index in [-0.39, 0.29) is 30.8 Å². The van der Waals surface area contributed by atoms with Crippen molar-refractivity contribution in [3.63, 3.8) is 0 Å². The van der Waals surface area contributed by atoms with Crippen LogP contribution < -0.4 is 21.7 Å². The monoisotopic (exact) mass is 525 g/mol. The maximum atomic E-state index is 13.9. The van der Waals surface area contributed by atoms with Crippen LogP contribution in [0.4, 0.5) is 19.3 Å². The number of primary amides is 1. The number of hydrogen-bond donors (Lipinski definition) is 4. The Labute approximate surface area is 216 Å². The molecule has 1 aliphatic heterocycles. The van der Waals surface area contributed by atoms with Crippen molar-refractivity contribution in [2.75, 3.05) is 11.9 Å². The second kappa shape index (κ2) is 11.5. The molecule has 0 bridgehead atoms. The second-order valence-corrected chi connectivity index (χ2v) is 8.76. The molecular formula is C26H25F2N5O5. The number of nitrogens with zero attached hydrogens (tertiary/aromatic N) is 1. The van der Waals surface area contributed by atoms with E-state index in [2.05, 4.69) is 16.0 Å². The van der Waals surface area contributed by atoms with Gasteiger partial charge in [0, 0.05) is 19.0 Å². The summed E-state index contributed by atoms with van der Waals surface area (Å²) in [5, 5.41) is 7.48. The highest BCUT2D eigenvalue weighted by Gasteiger charge is 2.42. The van der Waals surface area contributed by atoms with Gasteiger partial charge >= 0.3 is 6.03 Å². The first-order valence-corrected chi connectivity index (χ1v) is 11.7. The number of hydrogen-bond acceptors (Lipinski definition) is 5. The Morgan fingerprint density at radius 2 is 1.82 bits per heavy atom. The van der Waals surface area contributed by atoms with Crippen molar-refractivity contribution in [1.82, 2.24) is 15.5 Å². The van der Waals surface area contributed by atoms with Gasteiger partial charge in [-0.1, -0.05) is 30.3 Å². The van der Waals surface area contributed by atoms with Gasteiger partial charge in [-0.25, -0.2) is 13.6 Å². The van der Waals surface area contributed by atoms with Gasteiger partial charge in [0.2, 0.25) is 11.8 Å². The van der Waals surface area contributed by atoms with Crippen molar-refractivity contribution >= 4 is 29.4 Å². The van der Waals surface area contributed by atoms with E-state index in [0.717, 1.165) is 17.7 Å². The van der Waals surface area contributed by atoms with Crippen LogP contribution in [0.5, 0.6) is 0 Å². The molecule has 3 atom stereocenters. The summed E-state index contributed by atoms with van der Waals surface area (Å²) in [5.41, 5.74) is 6.05. The lowest BCUT2D eigenvalue weighted by Crippen LogP contribution is -2.53. The molecule has 10 nitrogen and oxygen atoms in total. The molecule has 1 aromatic heterocycles. The Morgan fingerprint density at radius 1 is 1.05 bits per heavy atom. The molecule has 12 heteroatoms. The average Bonchev–Trinajstić information content (AvgIpc) is 3.56. The molecule has 0 unspecified atom stereocenters. The lowest BCUT2D eigenvalue weighted by molar-refractivity contribution is -0.129. The molecule has 0 saturated carbocycles. The lowest BCUT2D eigenvalue weighted by atomic mass is 10.0. The van der Waals surface area contributed by atoms with Gasteiger partial charge in [-0.2, -0.15) is 0 Å². The molecule has 1 saturated heterocycles. The topological polar surface area (TPSA) is 147 Å². The zero-order valence-electron chi connectivity index (χ0n) is 20.0. The van der Waals surface area contributed by atoms with E-state index in [0.29, 0.717) is 6.07 Å². The van der Waals surface area contributed by atoms with Crippen molar-refractivity contribution in [2.45, 2.75) is 31.0 Å². The van der Waals surface area contributed by atoms with Crippen LogP contribution in [-0.2, 0) is 16.0 Å². The average molecular weight is 526 g/mol. The van der Waals surface area contributed by atoms with Crippen LogP contribution in [0.1, 0.15) is 22.5 Å². The molecule has 38 heavy (non-hydrogen) atoms. The van der Waals surface area contributed by atoms with Crippen LogP contribution in [0.3, 0.4) is 0 Å². The van der Waals surface area contributed by atoms with Crippen LogP contribution in [0.25, 0.3) is 0 Å². The molecule has 4 rings (SSSR count). The summed E-state index contributed by atoms with van der Waals surface area (Å²) in [6, 6.07) is 10.9. The van der Waals surface area contributed by atoms with Crippen molar-refractivity contribution in [1.29, 1.82) is 0 Å². The van der Waals surface area contributed by atoms with E-state index >= 15 is 0 Å². The molecule has 1 fully saturated rings. The Morgan fingerprint density at radius 3 is 2.47 bits per heavy atom. The van der Waals surface area contributed by atoms with Crippen LogP contribution >= 0.6 is 0 Å². The maximum absolute atomic E-state index is 13.9. The fourth-order valence-electron chi connectivity index (χ4n) is 4.23. The Bertz CT molecular complexity index is 1320. The van der Waals surface area contributed by atoms with Gasteiger partial charge in [-0.3, -0.25) is 14.4 Å². The van der Waals surface area contributed by atoms with Crippen LogP contribution in [-0.4, -0.2) is 53.3 Å². The Kier molecular flexibility index (Phi) is 8.00. The van der Waals surface area contributed by atoms with Crippen LogP contribution in [0.15, 0.2) is 71.3 Å². The van der Waals surface area contributed by atoms with Crippen molar-refractivity contribution in [3.8, 4) is 0 Å². The standard InChI is InChI=1S/C26H25F2N5O5/c27-16-8-9-19(18(28)12-16)32-26(37)30-17-13-21(33(14-17)25(36)22-7-4-10-38-22)24(35)31-20(23(29)34)11-15-5-2-1-3-6-15/h1-10,12,17,20-21H,11,13-14H2,(H2,29,34)(H,31,35)(H2,30,32,37)/t17-,20+,21-/m0/s1. The molecule has 0 spiro atoms. The highest BCUT2D eigenvalue weighted by atomic mass is 19.1. The molecule has 1 aliphatic rings. The van der Waals surface area contributed by atoms with Gasteiger partial charge in [0.05, 0.1) is 18.0 Å². The summed E-state index contributed by atoms with van der Waals surface area (Å²) >= 11 is 0. The fourth-order valence-corrected chi connectivity index (χ4v) is 4.23. The smallest absolute Gasteiger partial charge is 0.319 e. The summed E-state index contributed by atoms with van der Waals surface area (Å²) in [5.74, 6) is -3.76. The SMILES string of the molecule is NC(=O)[C@@H](Cc1ccccc1)NC(=O)[C@@H]1C[C@H](NC(=O)Nc2ccc(F)cc2F)CN1C(=O)c1ccco1. The quantitative estimate of drug-likeness (QED) is 0.356. The number of amides is 5. The van der Waals surface area contributed by atoms with Crippen LogP contribution in [0.2, 0.25) is 0 Å².